The maximum atomic E-state index is 12.1. The average molecular weight is 331 g/mol. The van der Waals surface area contributed by atoms with Gasteiger partial charge < -0.3 is 24.8 Å². The van der Waals surface area contributed by atoms with E-state index in [2.05, 4.69) is 10.6 Å². The molecule has 0 aliphatic carbocycles. The first-order valence-electron chi connectivity index (χ1n) is 6.99. The predicted molar refractivity (Wildman–Crippen MR) is 87.4 cm³/mol. The second-order valence-corrected chi connectivity index (χ2v) is 4.97. The molecular formula is C15H23ClN2O4. The second kappa shape index (κ2) is 8.82. The number of ether oxygens (including phenoxy) is 3. The number of amides is 1. The largest absolute Gasteiger partial charge is 0.493 e. The van der Waals surface area contributed by atoms with Crippen molar-refractivity contribution in [3.63, 3.8) is 0 Å². The molecule has 6 nitrogen and oxygen atoms in total. The first-order chi connectivity index (χ1) is 10.1. The van der Waals surface area contributed by atoms with Gasteiger partial charge in [0, 0.05) is 24.8 Å². The molecule has 2 rings (SSSR count). The van der Waals surface area contributed by atoms with Crippen LogP contribution in [0.4, 0.5) is 5.69 Å². The van der Waals surface area contributed by atoms with Gasteiger partial charge in [-0.05, 0) is 18.6 Å². The van der Waals surface area contributed by atoms with Gasteiger partial charge in [0.25, 0.3) is 0 Å². The van der Waals surface area contributed by atoms with Crippen molar-refractivity contribution in [2.24, 2.45) is 0 Å². The molecule has 0 saturated carbocycles. The molecule has 1 aliphatic heterocycles. The Bertz CT molecular complexity index is 505. The van der Waals surface area contributed by atoms with Crippen LogP contribution in [0.3, 0.4) is 0 Å². The molecule has 0 radical (unpaired) electrons. The summed E-state index contributed by atoms with van der Waals surface area (Å²) in [5.41, 5.74) is 1.64. The monoisotopic (exact) mass is 330 g/mol. The minimum absolute atomic E-state index is 0. The van der Waals surface area contributed by atoms with E-state index in [-0.39, 0.29) is 24.4 Å². The SMILES string of the molecule is COc1cc(C)c(NC(=O)CC2CNCCO2)cc1OC.Cl. The van der Waals surface area contributed by atoms with E-state index in [9.17, 15) is 4.79 Å². The fraction of sp³-hybridized carbons (Fsp3) is 0.533. The predicted octanol–water partition coefficient (Wildman–Crippen LogP) is 1.75. The summed E-state index contributed by atoms with van der Waals surface area (Å²) in [6.07, 6.45) is 0.264. The van der Waals surface area contributed by atoms with Crippen molar-refractivity contribution in [2.75, 3.05) is 39.2 Å². The average Bonchev–Trinajstić information content (AvgIpc) is 2.49. The number of nitrogens with one attached hydrogen (secondary N) is 2. The van der Waals surface area contributed by atoms with Crippen molar-refractivity contribution in [3.05, 3.63) is 17.7 Å². The lowest BCUT2D eigenvalue weighted by Gasteiger charge is -2.23. The van der Waals surface area contributed by atoms with E-state index in [1.807, 2.05) is 13.0 Å². The van der Waals surface area contributed by atoms with Gasteiger partial charge in [0.05, 0.1) is 33.4 Å². The van der Waals surface area contributed by atoms with Gasteiger partial charge >= 0.3 is 0 Å². The molecule has 0 bridgehead atoms. The summed E-state index contributed by atoms with van der Waals surface area (Å²) in [6.45, 7) is 4.11. The Labute approximate surface area is 136 Å². The van der Waals surface area contributed by atoms with Crippen LogP contribution in [0.2, 0.25) is 0 Å². The third-order valence-corrected chi connectivity index (χ3v) is 3.42. The standard InChI is InChI=1S/C15H22N2O4.ClH/c1-10-6-13(19-2)14(20-3)8-12(10)17-15(18)7-11-9-16-4-5-21-11;/h6,8,11,16H,4-5,7,9H2,1-3H3,(H,17,18);1H. The van der Waals surface area contributed by atoms with Crippen molar-refractivity contribution >= 4 is 24.0 Å². The Morgan fingerprint density at radius 1 is 1.36 bits per heavy atom. The van der Waals surface area contributed by atoms with E-state index < -0.39 is 0 Å². The Morgan fingerprint density at radius 2 is 2.05 bits per heavy atom. The summed E-state index contributed by atoms with van der Waals surface area (Å²) < 4.78 is 16.0. The van der Waals surface area contributed by atoms with Crippen molar-refractivity contribution in [1.29, 1.82) is 0 Å². The molecule has 1 aromatic carbocycles. The summed E-state index contributed by atoms with van der Waals surface area (Å²) in [7, 11) is 3.16. The molecule has 1 saturated heterocycles. The maximum Gasteiger partial charge on any atom is 0.227 e. The summed E-state index contributed by atoms with van der Waals surface area (Å²) in [5, 5.41) is 6.11. The molecule has 0 spiro atoms. The van der Waals surface area contributed by atoms with Crippen LogP contribution in [-0.4, -0.2) is 45.9 Å². The highest BCUT2D eigenvalue weighted by molar-refractivity contribution is 5.92. The van der Waals surface area contributed by atoms with E-state index in [1.165, 1.54) is 0 Å². The first kappa shape index (κ1) is 18.5. The van der Waals surface area contributed by atoms with Gasteiger partial charge in [-0.15, -0.1) is 12.4 Å². The minimum atomic E-state index is -0.0704. The zero-order valence-electron chi connectivity index (χ0n) is 13.1. The number of aryl methyl sites for hydroxylation is 1. The third-order valence-electron chi connectivity index (χ3n) is 3.42. The van der Waals surface area contributed by atoms with E-state index in [0.717, 1.165) is 17.8 Å². The number of carbonyl (C=O) groups is 1. The highest BCUT2D eigenvalue weighted by Crippen LogP contribution is 2.32. The van der Waals surface area contributed by atoms with Crippen LogP contribution in [0, 0.1) is 6.92 Å². The molecular weight excluding hydrogens is 308 g/mol. The molecule has 22 heavy (non-hydrogen) atoms. The lowest BCUT2D eigenvalue weighted by Crippen LogP contribution is -2.40. The molecule has 1 atom stereocenters. The number of morpholine rings is 1. The van der Waals surface area contributed by atoms with Crippen LogP contribution < -0.4 is 20.1 Å². The number of hydrogen-bond acceptors (Lipinski definition) is 5. The van der Waals surface area contributed by atoms with E-state index in [4.69, 9.17) is 14.2 Å². The Morgan fingerprint density at radius 3 is 2.64 bits per heavy atom. The highest BCUT2D eigenvalue weighted by atomic mass is 35.5. The number of hydrogen-bond donors (Lipinski definition) is 2. The minimum Gasteiger partial charge on any atom is -0.493 e. The summed E-state index contributed by atoms with van der Waals surface area (Å²) >= 11 is 0. The van der Waals surface area contributed by atoms with Crippen LogP contribution in [0.1, 0.15) is 12.0 Å². The molecule has 7 heteroatoms. The molecule has 2 N–H and O–H groups in total. The fourth-order valence-electron chi connectivity index (χ4n) is 2.27. The van der Waals surface area contributed by atoms with Gasteiger partial charge in [0.2, 0.25) is 5.91 Å². The highest BCUT2D eigenvalue weighted by Gasteiger charge is 2.18. The number of carbonyl (C=O) groups excluding carboxylic acids is 1. The summed E-state index contributed by atoms with van der Waals surface area (Å²) in [5.74, 6) is 1.17. The molecule has 1 unspecified atom stereocenters. The maximum absolute atomic E-state index is 12.1. The van der Waals surface area contributed by atoms with Gasteiger partial charge in [0.1, 0.15) is 0 Å². The summed E-state index contributed by atoms with van der Waals surface area (Å²) in [4.78, 5) is 12.1. The molecule has 1 aliphatic rings. The second-order valence-electron chi connectivity index (χ2n) is 4.97. The van der Waals surface area contributed by atoms with Gasteiger partial charge in [-0.25, -0.2) is 0 Å². The van der Waals surface area contributed by atoms with Gasteiger partial charge in [-0.2, -0.15) is 0 Å². The number of halogens is 1. The molecule has 0 aromatic heterocycles. The van der Waals surface area contributed by atoms with Crippen LogP contribution in [0.5, 0.6) is 11.5 Å². The number of methoxy groups -OCH3 is 2. The molecule has 1 heterocycles. The zero-order chi connectivity index (χ0) is 15.2. The van der Waals surface area contributed by atoms with Crippen molar-refractivity contribution in [3.8, 4) is 11.5 Å². The van der Waals surface area contributed by atoms with Crippen molar-refractivity contribution in [1.82, 2.24) is 5.32 Å². The third kappa shape index (κ3) is 4.76. The topological polar surface area (TPSA) is 68.8 Å². The lowest BCUT2D eigenvalue weighted by atomic mass is 10.1. The zero-order valence-corrected chi connectivity index (χ0v) is 13.9. The fourth-order valence-corrected chi connectivity index (χ4v) is 2.27. The number of anilines is 1. The lowest BCUT2D eigenvalue weighted by molar-refractivity contribution is -0.119. The van der Waals surface area contributed by atoms with Crippen LogP contribution in [0.15, 0.2) is 12.1 Å². The van der Waals surface area contributed by atoms with E-state index >= 15 is 0 Å². The Kier molecular flexibility index (Phi) is 7.44. The molecule has 1 amide bonds. The van der Waals surface area contributed by atoms with Crippen LogP contribution in [-0.2, 0) is 9.53 Å². The van der Waals surface area contributed by atoms with Gasteiger partial charge in [-0.1, -0.05) is 0 Å². The Balaban J connectivity index is 0.00000242. The van der Waals surface area contributed by atoms with Gasteiger partial charge in [0.15, 0.2) is 11.5 Å². The van der Waals surface area contributed by atoms with Crippen LogP contribution in [0.25, 0.3) is 0 Å². The normalized spacial score (nSPS) is 17.3. The van der Waals surface area contributed by atoms with E-state index in [1.54, 1.807) is 20.3 Å². The smallest absolute Gasteiger partial charge is 0.227 e. The van der Waals surface area contributed by atoms with Crippen LogP contribution >= 0.6 is 12.4 Å². The molecule has 1 aromatic rings. The molecule has 124 valence electrons. The van der Waals surface area contributed by atoms with Crippen molar-refractivity contribution in [2.45, 2.75) is 19.4 Å². The Hall–Kier alpha value is -1.50. The summed E-state index contributed by atoms with van der Waals surface area (Å²) in [6, 6.07) is 3.61. The van der Waals surface area contributed by atoms with Crippen molar-refractivity contribution < 1.29 is 19.0 Å². The number of benzene rings is 1. The number of rotatable bonds is 5. The quantitative estimate of drug-likeness (QED) is 0.861. The molecule has 1 fully saturated rings. The van der Waals surface area contributed by atoms with Gasteiger partial charge in [-0.3, -0.25) is 4.79 Å². The van der Waals surface area contributed by atoms with E-state index in [0.29, 0.717) is 31.1 Å². The first-order valence-corrected chi connectivity index (χ1v) is 6.99.